The Labute approximate surface area is 119 Å². The van der Waals surface area contributed by atoms with Gasteiger partial charge in [-0.1, -0.05) is 11.6 Å². The fraction of sp³-hybridized carbons (Fsp3) is 0.462. The van der Waals surface area contributed by atoms with Crippen LogP contribution >= 0.6 is 11.6 Å². The van der Waals surface area contributed by atoms with Crippen LogP contribution in [0.4, 0.5) is 18.9 Å². The summed E-state index contributed by atoms with van der Waals surface area (Å²) in [7, 11) is 0. The van der Waals surface area contributed by atoms with Gasteiger partial charge in [0.25, 0.3) is 0 Å². The maximum atomic E-state index is 12.9. The van der Waals surface area contributed by atoms with Gasteiger partial charge in [0.1, 0.15) is 0 Å². The smallest absolute Gasteiger partial charge is 0.325 e. The number of hydrogen-bond donors (Lipinski definition) is 2. The number of anilines is 1. The van der Waals surface area contributed by atoms with Gasteiger partial charge >= 0.3 is 6.18 Å². The lowest BCUT2D eigenvalue weighted by molar-refractivity contribution is -0.137. The SMILES string of the molecule is O=C(CC1CCCN1)Nc1ccc(Cl)cc1C(F)(F)F. The molecule has 2 rings (SSSR count). The highest BCUT2D eigenvalue weighted by molar-refractivity contribution is 6.30. The van der Waals surface area contributed by atoms with E-state index in [1.807, 2.05) is 0 Å². The van der Waals surface area contributed by atoms with Gasteiger partial charge in [-0.3, -0.25) is 4.79 Å². The zero-order chi connectivity index (χ0) is 14.8. The van der Waals surface area contributed by atoms with Crippen LogP contribution in [0, 0.1) is 0 Å². The molecule has 0 aliphatic carbocycles. The number of carbonyl (C=O) groups excluding carboxylic acids is 1. The minimum atomic E-state index is -4.56. The van der Waals surface area contributed by atoms with E-state index < -0.39 is 17.6 Å². The van der Waals surface area contributed by atoms with Crippen LogP contribution < -0.4 is 10.6 Å². The van der Waals surface area contributed by atoms with Crippen LogP contribution in [0.5, 0.6) is 0 Å². The number of nitrogens with one attached hydrogen (secondary N) is 2. The Kier molecular flexibility index (Phi) is 4.55. The lowest BCUT2D eigenvalue weighted by atomic mass is 10.1. The van der Waals surface area contributed by atoms with Crippen LogP contribution in [0.3, 0.4) is 0 Å². The van der Waals surface area contributed by atoms with Gasteiger partial charge in [0, 0.05) is 17.5 Å². The van der Waals surface area contributed by atoms with E-state index in [1.54, 1.807) is 0 Å². The van der Waals surface area contributed by atoms with Crippen LogP contribution in [0.1, 0.15) is 24.8 Å². The summed E-state index contributed by atoms with van der Waals surface area (Å²) in [5.41, 5.74) is -1.19. The molecule has 0 spiro atoms. The summed E-state index contributed by atoms with van der Waals surface area (Å²) in [6, 6.07) is 3.34. The summed E-state index contributed by atoms with van der Waals surface area (Å²) >= 11 is 5.57. The minimum absolute atomic E-state index is 0.0206. The molecule has 20 heavy (non-hydrogen) atoms. The molecule has 0 radical (unpaired) electrons. The molecule has 1 unspecified atom stereocenters. The van der Waals surface area contributed by atoms with E-state index in [0.29, 0.717) is 0 Å². The van der Waals surface area contributed by atoms with E-state index in [0.717, 1.165) is 25.5 Å². The number of carbonyl (C=O) groups is 1. The molecular formula is C13H14ClF3N2O. The Morgan fingerprint density at radius 1 is 1.45 bits per heavy atom. The maximum Gasteiger partial charge on any atom is 0.418 e. The first-order valence-corrected chi connectivity index (χ1v) is 6.64. The second-order valence-corrected chi connectivity index (χ2v) is 5.17. The molecule has 0 aromatic heterocycles. The Morgan fingerprint density at radius 3 is 2.80 bits per heavy atom. The third-order valence-electron chi connectivity index (χ3n) is 3.16. The molecule has 0 bridgehead atoms. The third-order valence-corrected chi connectivity index (χ3v) is 3.39. The van der Waals surface area contributed by atoms with Gasteiger partial charge in [0.15, 0.2) is 0 Å². The summed E-state index contributed by atoms with van der Waals surface area (Å²) in [6.45, 7) is 0.840. The van der Waals surface area contributed by atoms with Gasteiger partial charge in [-0.2, -0.15) is 13.2 Å². The monoisotopic (exact) mass is 306 g/mol. The zero-order valence-corrected chi connectivity index (χ0v) is 11.3. The molecule has 1 aromatic carbocycles. The van der Waals surface area contributed by atoms with Gasteiger partial charge in [-0.25, -0.2) is 0 Å². The van der Waals surface area contributed by atoms with Crippen molar-refractivity contribution in [2.45, 2.75) is 31.5 Å². The average molecular weight is 307 g/mol. The number of alkyl halides is 3. The molecule has 1 amide bonds. The van der Waals surface area contributed by atoms with E-state index in [2.05, 4.69) is 10.6 Å². The molecule has 1 aliphatic rings. The Balaban J connectivity index is 2.10. The fourth-order valence-corrected chi connectivity index (χ4v) is 2.39. The summed E-state index contributed by atoms with van der Waals surface area (Å²) in [5.74, 6) is -0.433. The van der Waals surface area contributed by atoms with Crippen molar-refractivity contribution in [3.05, 3.63) is 28.8 Å². The fourth-order valence-electron chi connectivity index (χ4n) is 2.22. The first-order chi connectivity index (χ1) is 9.36. The first-order valence-electron chi connectivity index (χ1n) is 6.26. The molecule has 7 heteroatoms. The van der Waals surface area contributed by atoms with E-state index in [-0.39, 0.29) is 23.2 Å². The Morgan fingerprint density at radius 2 is 2.20 bits per heavy atom. The molecule has 1 fully saturated rings. The number of hydrogen-bond acceptors (Lipinski definition) is 2. The van der Waals surface area contributed by atoms with Crippen LogP contribution in [-0.2, 0) is 11.0 Å². The van der Waals surface area contributed by atoms with Gasteiger partial charge in [0.05, 0.1) is 11.3 Å². The van der Waals surface area contributed by atoms with Crippen molar-refractivity contribution in [1.82, 2.24) is 5.32 Å². The first kappa shape index (κ1) is 15.1. The number of rotatable bonds is 3. The second kappa shape index (κ2) is 6.01. The van der Waals surface area contributed by atoms with E-state index in [1.165, 1.54) is 12.1 Å². The van der Waals surface area contributed by atoms with Crippen LogP contribution in [0.25, 0.3) is 0 Å². The molecule has 3 nitrogen and oxygen atoms in total. The van der Waals surface area contributed by atoms with Crippen molar-refractivity contribution >= 4 is 23.2 Å². The topological polar surface area (TPSA) is 41.1 Å². The number of benzene rings is 1. The number of halogens is 4. The molecule has 1 aliphatic heterocycles. The lowest BCUT2D eigenvalue weighted by Crippen LogP contribution is -2.28. The minimum Gasteiger partial charge on any atom is -0.325 e. The average Bonchev–Trinajstić information content (AvgIpc) is 2.82. The van der Waals surface area contributed by atoms with Gasteiger partial charge < -0.3 is 10.6 Å². The molecule has 110 valence electrons. The highest BCUT2D eigenvalue weighted by Crippen LogP contribution is 2.36. The third kappa shape index (κ3) is 3.86. The van der Waals surface area contributed by atoms with Crippen molar-refractivity contribution in [1.29, 1.82) is 0 Å². The predicted octanol–water partition coefficient (Wildman–Crippen LogP) is 3.44. The van der Waals surface area contributed by atoms with E-state index in [4.69, 9.17) is 11.6 Å². The Hall–Kier alpha value is -1.27. The zero-order valence-electron chi connectivity index (χ0n) is 10.6. The van der Waals surface area contributed by atoms with Crippen LogP contribution in [0.15, 0.2) is 18.2 Å². The normalized spacial score (nSPS) is 19.1. The van der Waals surface area contributed by atoms with Gasteiger partial charge in [0.2, 0.25) is 5.91 Å². The molecule has 1 atom stereocenters. The standard InChI is InChI=1S/C13H14ClF3N2O/c14-8-3-4-11(10(6-8)13(15,16)17)19-12(20)7-9-2-1-5-18-9/h3-4,6,9,18H,1-2,5,7H2,(H,19,20). The molecule has 0 saturated carbocycles. The van der Waals surface area contributed by atoms with E-state index >= 15 is 0 Å². The van der Waals surface area contributed by atoms with Gasteiger partial charge in [-0.05, 0) is 37.6 Å². The van der Waals surface area contributed by atoms with Crippen molar-refractivity contribution in [3.8, 4) is 0 Å². The summed E-state index contributed by atoms with van der Waals surface area (Å²) < 4.78 is 38.6. The highest BCUT2D eigenvalue weighted by Gasteiger charge is 2.34. The lowest BCUT2D eigenvalue weighted by Gasteiger charge is -2.15. The quantitative estimate of drug-likeness (QED) is 0.898. The summed E-state index contributed by atoms with van der Waals surface area (Å²) in [4.78, 5) is 11.8. The van der Waals surface area contributed by atoms with Crippen LogP contribution in [0.2, 0.25) is 5.02 Å². The predicted molar refractivity (Wildman–Crippen MR) is 70.7 cm³/mol. The molecule has 1 aromatic rings. The van der Waals surface area contributed by atoms with Crippen molar-refractivity contribution < 1.29 is 18.0 Å². The number of amides is 1. The van der Waals surface area contributed by atoms with Crippen LogP contribution in [-0.4, -0.2) is 18.5 Å². The summed E-state index contributed by atoms with van der Waals surface area (Å²) in [5, 5.41) is 5.42. The van der Waals surface area contributed by atoms with Gasteiger partial charge in [-0.15, -0.1) is 0 Å². The molecular weight excluding hydrogens is 293 g/mol. The van der Waals surface area contributed by atoms with E-state index in [9.17, 15) is 18.0 Å². The Bertz CT molecular complexity index is 499. The van der Waals surface area contributed by atoms with Crippen molar-refractivity contribution in [2.24, 2.45) is 0 Å². The highest BCUT2D eigenvalue weighted by atomic mass is 35.5. The summed E-state index contributed by atoms with van der Waals surface area (Å²) in [6.07, 6.45) is -2.55. The van der Waals surface area contributed by atoms with Crippen molar-refractivity contribution in [2.75, 3.05) is 11.9 Å². The molecule has 2 N–H and O–H groups in total. The molecule has 1 heterocycles. The van der Waals surface area contributed by atoms with Crippen molar-refractivity contribution in [3.63, 3.8) is 0 Å². The second-order valence-electron chi connectivity index (χ2n) is 4.73. The molecule has 1 saturated heterocycles. The largest absolute Gasteiger partial charge is 0.418 e. The maximum absolute atomic E-state index is 12.9.